The average molecular weight is 209 g/mol. The second-order valence-electron chi connectivity index (χ2n) is 3.47. The van der Waals surface area contributed by atoms with Gasteiger partial charge in [-0.2, -0.15) is 4.98 Å². The van der Waals surface area contributed by atoms with Gasteiger partial charge in [-0.1, -0.05) is 0 Å². The quantitative estimate of drug-likeness (QED) is 0.790. The van der Waals surface area contributed by atoms with E-state index >= 15 is 0 Å². The number of ether oxygens (including phenoxy) is 2. The van der Waals surface area contributed by atoms with Gasteiger partial charge in [0.1, 0.15) is 6.10 Å². The van der Waals surface area contributed by atoms with Gasteiger partial charge >= 0.3 is 0 Å². The van der Waals surface area contributed by atoms with Crippen LogP contribution >= 0.6 is 0 Å². The fourth-order valence-corrected chi connectivity index (χ4v) is 1.57. The highest BCUT2D eigenvalue weighted by atomic mass is 16.5. The summed E-state index contributed by atoms with van der Waals surface area (Å²) in [5.41, 5.74) is 0. The third-order valence-corrected chi connectivity index (χ3v) is 2.37. The molecule has 5 heteroatoms. The van der Waals surface area contributed by atoms with Crippen molar-refractivity contribution in [1.82, 2.24) is 15.3 Å². The van der Waals surface area contributed by atoms with Crippen LogP contribution < -0.4 is 14.8 Å². The second kappa shape index (κ2) is 4.93. The van der Waals surface area contributed by atoms with Crippen LogP contribution in [0.25, 0.3) is 0 Å². The summed E-state index contributed by atoms with van der Waals surface area (Å²) in [5, 5.41) is 3.28. The van der Waals surface area contributed by atoms with E-state index in [4.69, 9.17) is 9.47 Å². The molecule has 0 aromatic carbocycles. The molecule has 2 rings (SSSR count). The van der Waals surface area contributed by atoms with E-state index in [0.717, 1.165) is 25.9 Å². The van der Waals surface area contributed by atoms with E-state index in [2.05, 4.69) is 15.3 Å². The average Bonchev–Trinajstić information content (AvgIpc) is 2.31. The summed E-state index contributed by atoms with van der Waals surface area (Å²) in [6.07, 6.45) is 5.45. The zero-order valence-corrected chi connectivity index (χ0v) is 8.77. The van der Waals surface area contributed by atoms with E-state index in [9.17, 15) is 0 Å². The summed E-state index contributed by atoms with van der Waals surface area (Å²) in [6.45, 7) is 2.00. The number of aromatic nitrogens is 2. The first-order valence-corrected chi connectivity index (χ1v) is 5.12. The molecular formula is C10H15N3O2. The van der Waals surface area contributed by atoms with E-state index in [0.29, 0.717) is 11.8 Å². The lowest BCUT2D eigenvalue weighted by Gasteiger charge is -2.22. The van der Waals surface area contributed by atoms with Crippen molar-refractivity contribution < 1.29 is 9.47 Å². The molecule has 1 fully saturated rings. The molecule has 0 radical (unpaired) electrons. The van der Waals surface area contributed by atoms with Gasteiger partial charge in [0.05, 0.1) is 19.5 Å². The molecule has 1 N–H and O–H groups in total. The number of hydrogen-bond donors (Lipinski definition) is 1. The number of piperidine rings is 1. The largest absolute Gasteiger partial charge is 0.480 e. The molecule has 0 atom stereocenters. The molecule has 15 heavy (non-hydrogen) atoms. The van der Waals surface area contributed by atoms with Crippen molar-refractivity contribution in [2.75, 3.05) is 20.2 Å². The number of nitrogens with zero attached hydrogens (tertiary/aromatic N) is 2. The molecule has 5 nitrogen and oxygen atoms in total. The number of hydrogen-bond acceptors (Lipinski definition) is 5. The summed E-state index contributed by atoms with van der Waals surface area (Å²) in [6, 6.07) is 0. The molecule has 2 heterocycles. The highest BCUT2D eigenvalue weighted by Gasteiger charge is 2.15. The van der Waals surface area contributed by atoms with Crippen LogP contribution in [-0.4, -0.2) is 36.3 Å². The first-order chi connectivity index (χ1) is 7.38. The van der Waals surface area contributed by atoms with Crippen LogP contribution in [0.15, 0.2) is 12.4 Å². The Hall–Kier alpha value is -1.36. The van der Waals surface area contributed by atoms with Gasteiger partial charge in [0.15, 0.2) is 0 Å². The van der Waals surface area contributed by atoms with Gasteiger partial charge in [-0.05, 0) is 25.9 Å². The minimum absolute atomic E-state index is 0.243. The fraction of sp³-hybridized carbons (Fsp3) is 0.600. The van der Waals surface area contributed by atoms with Gasteiger partial charge in [0, 0.05) is 0 Å². The maximum atomic E-state index is 5.70. The second-order valence-corrected chi connectivity index (χ2v) is 3.47. The Morgan fingerprint density at radius 2 is 2.00 bits per heavy atom. The molecule has 82 valence electrons. The number of methoxy groups -OCH3 is 1. The fourth-order valence-electron chi connectivity index (χ4n) is 1.57. The minimum atomic E-state index is 0.243. The Balaban J connectivity index is 1.96. The monoisotopic (exact) mass is 209 g/mol. The van der Waals surface area contributed by atoms with Crippen LogP contribution in [0.4, 0.5) is 0 Å². The van der Waals surface area contributed by atoms with E-state index < -0.39 is 0 Å². The number of rotatable bonds is 3. The van der Waals surface area contributed by atoms with Crippen molar-refractivity contribution >= 4 is 0 Å². The molecule has 0 bridgehead atoms. The zero-order valence-electron chi connectivity index (χ0n) is 8.77. The van der Waals surface area contributed by atoms with E-state index in [-0.39, 0.29) is 6.10 Å². The van der Waals surface area contributed by atoms with Crippen LogP contribution in [0, 0.1) is 0 Å². The van der Waals surface area contributed by atoms with Crippen molar-refractivity contribution in [1.29, 1.82) is 0 Å². The van der Waals surface area contributed by atoms with Gasteiger partial charge in [0.2, 0.25) is 11.8 Å². The van der Waals surface area contributed by atoms with Crippen LogP contribution in [-0.2, 0) is 0 Å². The Kier molecular flexibility index (Phi) is 3.34. The van der Waals surface area contributed by atoms with Crippen molar-refractivity contribution in [3.05, 3.63) is 12.4 Å². The molecule has 1 aliphatic rings. The zero-order chi connectivity index (χ0) is 10.5. The molecular weight excluding hydrogens is 194 g/mol. The van der Waals surface area contributed by atoms with Crippen molar-refractivity contribution in [2.45, 2.75) is 18.9 Å². The van der Waals surface area contributed by atoms with Gasteiger partial charge in [-0.3, -0.25) is 4.98 Å². The number of nitrogens with one attached hydrogen (secondary N) is 1. The molecule has 1 aromatic rings. The Labute approximate surface area is 88.8 Å². The summed E-state index contributed by atoms with van der Waals surface area (Å²) >= 11 is 0. The topological polar surface area (TPSA) is 56.3 Å². The van der Waals surface area contributed by atoms with E-state index in [1.54, 1.807) is 19.5 Å². The highest BCUT2D eigenvalue weighted by Crippen LogP contribution is 2.15. The lowest BCUT2D eigenvalue weighted by molar-refractivity contribution is 0.154. The molecule has 0 saturated carbocycles. The van der Waals surface area contributed by atoms with Crippen LogP contribution in [0.1, 0.15) is 12.8 Å². The van der Waals surface area contributed by atoms with Crippen molar-refractivity contribution in [2.24, 2.45) is 0 Å². The maximum Gasteiger partial charge on any atom is 0.235 e. The SMILES string of the molecule is COc1cncc(OC2CCNCC2)n1. The third-order valence-electron chi connectivity index (χ3n) is 2.37. The molecule has 0 spiro atoms. The molecule has 1 saturated heterocycles. The van der Waals surface area contributed by atoms with Gasteiger partial charge in [-0.15, -0.1) is 0 Å². The van der Waals surface area contributed by atoms with Crippen molar-refractivity contribution in [3.8, 4) is 11.8 Å². The van der Waals surface area contributed by atoms with Gasteiger partial charge in [-0.25, -0.2) is 0 Å². The van der Waals surface area contributed by atoms with Crippen LogP contribution in [0.3, 0.4) is 0 Å². The molecule has 0 amide bonds. The predicted octanol–water partition coefficient (Wildman–Crippen LogP) is 0.616. The smallest absolute Gasteiger partial charge is 0.235 e. The molecule has 0 aliphatic carbocycles. The highest BCUT2D eigenvalue weighted by molar-refractivity contribution is 5.12. The van der Waals surface area contributed by atoms with E-state index in [1.807, 2.05) is 0 Å². The molecule has 1 aliphatic heterocycles. The normalized spacial score (nSPS) is 17.4. The van der Waals surface area contributed by atoms with Gasteiger partial charge < -0.3 is 14.8 Å². The minimum Gasteiger partial charge on any atom is -0.480 e. The van der Waals surface area contributed by atoms with Crippen LogP contribution in [0.2, 0.25) is 0 Å². The third kappa shape index (κ3) is 2.79. The predicted molar refractivity (Wildman–Crippen MR) is 55.1 cm³/mol. The van der Waals surface area contributed by atoms with Crippen LogP contribution in [0.5, 0.6) is 11.8 Å². The summed E-state index contributed by atoms with van der Waals surface area (Å²) in [4.78, 5) is 8.15. The first kappa shape index (κ1) is 10.2. The standard InChI is InChI=1S/C10H15N3O2/c1-14-9-6-12-7-10(13-9)15-8-2-4-11-5-3-8/h6-8,11H,2-5H2,1H3. The molecule has 0 unspecified atom stereocenters. The van der Waals surface area contributed by atoms with Crippen molar-refractivity contribution in [3.63, 3.8) is 0 Å². The summed E-state index contributed by atoms with van der Waals surface area (Å²) in [7, 11) is 1.57. The first-order valence-electron chi connectivity index (χ1n) is 5.12. The Bertz CT molecular complexity index is 313. The van der Waals surface area contributed by atoms with Gasteiger partial charge in [0.25, 0.3) is 0 Å². The lowest BCUT2D eigenvalue weighted by Crippen LogP contribution is -2.34. The maximum absolute atomic E-state index is 5.70. The Morgan fingerprint density at radius 1 is 1.27 bits per heavy atom. The summed E-state index contributed by atoms with van der Waals surface area (Å²) in [5.74, 6) is 1.03. The van der Waals surface area contributed by atoms with E-state index in [1.165, 1.54) is 0 Å². The molecule has 1 aromatic heterocycles. The summed E-state index contributed by atoms with van der Waals surface area (Å²) < 4.78 is 10.7. The lowest BCUT2D eigenvalue weighted by atomic mass is 10.1. The Morgan fingerprint density at radius 3 is 2.73 bits per heavy atom.